The summed E-state index contributed by atoms with van der Waals surface area (Å²) in [5.74, 6) is -2.03. The second-order valence-electron chi connectivity index (χ2n) is 10.2. The first kappa shape index (κ1) is 39.4. The topological polar surface area (TPSA) is 271 Å². The highest BCUT2D eigenvalue weighted by Crippen LogP contribution is 2.13. The van der Waals surface area contributed by atoms with Gasteiger partial charge in [0.2, 0.25) is 12.3 Å². The molecule has 0 bridgehead atoms. The van der Waals surface area contributed by atoms with E-state index in [1.807, 2.05) is 0 Å². The van der Waals surface area contributed by atoms with Crippen LogP contribution >= 0.6 is 0 Å². The summed E-state index contributed by atoms with van der Waals surface area (Å²) in [5, 5.41) is 23.0. The van der Waals surface area contributed by atoms with Gasteiger partial charge in [-0.2, -0.15) is 0 Å². The predicted molar refractivity (Wildman–Crippen MR) is 174 cm³/mol. The van der Waals surface area contributed by atoms with Gasteiger partial charge in [0, 0.05) is 44.0 Å². The molecule has 1 atom stereocenters. The first-order chi connectivity index (χ1) is 23.2. The van der Waals surface area contributed by atoms with E-state index in [2.05, 4.69) is 36.6 Å². The molecule has 0 aliphatic heterocycles. The zero-order valence-electron chi connectivity index (χ0n) is 26.7. The van der Waals surface area contributed by atoms with E-state index in [0.29, 0.717) is 83.2 Å². The molecular weight excluding hydrogens is 630 g/mol. The van der Waals surface area contributed by atoms with Gasteiger partial charge in [0.15, 0.2) is 12.1 Å². The first-order valence-electron chi connectivity index (χ1n) is 15.4. The second-order valence-corrected chi connectivity index (χ2v) is 10.2. The van der Waals surface area contributed by atoms with Crippen molar-refractivity contribution in [3.8, 4) is 0 Å². The van der Waals surface area contributed by atoms with E-state index in [9.17, 15) is 29.1 Å². The maximum atomic E-state index is 12.7. The van der Waals surface area contributed by atoms with Gasteiger partial charge in [0.05, 0.1) is 44.9 Å². The highest BCUT2D eigenvalue weighted by atomic mass is 16.5. The number of rotatable bonds is 27. The Morgan fingerprint density at radius 1 is 0.917 bits per heavy atom. The molecule has 18 nitrogen and oxygen atoms in total. The van der Waals surface area contributed by atoms with Gasteiger partial charge in [0.1, 0.15) is 18.0 Å². The zero-order chi connectivity index (χ0) is 35.0. The fourth-order valence-corrected chi connectivity index (χ4v) is 3.95. The average molecular weight is 676 g/mol. The van der Waals surface area contributed by atoms with Crippen LogP contribution in [0.5, 0.6) is 0 Å². The number of anilines is 2. The number of amides is 3. The molecular formula is C30H45N9O9. The number of aromatic nitrogens is 2. The summed E-state index contributed by atoms with van der Waals surface area (Å²) < 4.78 is 16.2. The number of carbonyl (C=O) groups excluding carboxylic acids is 4. The van der Waals surface area contributed by atoms with Crippen LogP contribution in [-0.2, 0) is 35.1 Å². The number of nitrogens with one attached hydrogen (secondary N) is 5. The van der Waals surface area contributed by atoms with Crippen molar-refractivity contribution in [3.05, 3.63) is 47.4 Å². The summed E-state index contributed by atoms with van der Waals surface area (Å²) in [6, 6.07) is 5.03. The van der Waals surface area contributed by atoms with Gasteiger partial charge in [-0.15, -0.1) is 0 Å². The van der Waals surface area contributed by atoms with Crippen molar-refractivity contribution in [2.75, 3.05) is 63.4 Å². The first-order valence-corrected chi connectivity index (χ1v) is 15.4. The maximum absolute atomic E-state index is 12.7. The molecule has 264 valence electrons. The van der Waals surface area contributed by atoms with Gasteiger partial charge < -0.3 is 45.9 Å². The number of aldehydes is 1. The Morgan fingerprint density at radius 2 is 1.56 bits per heavy atom. The predicted octanol–water partition coefficient (Wildman–Crippen LogP) is -0.830. The van der Waals surface area contributed by atoms with Crippen LogP contribution in [0.1, 0.15) is 52.2 Å². The van der Waals surface area contributed by atoms with Crippen LogP contribution in [-0.4, -0.2) is 111 Å². The average Bonchev–Trinajstić information content (AvgIpc) is 3.07. The lowest BCUT2D eigenvalue weighted by atomic mass is 10.1. The van der Waals surface area contributed by atoms with Crippen LogP contribution in [0.3, 0.4) is 0 Å². The van der Waals surface area contributed by atoms with Crippen LogP contribution in [0.25, 0.3) is 0 Å². The SMILES string of the molecule is NC(N)Nc1ncc(CNc2ccc(C(=O)N[C@H](CCC(=O)NCCCOCCOCCOCCCNC=O)C(=O)O)cc2)nc1C=O. The highest BCUT2D eigenvalue weighted by molar-refractivity contribution is 5.97. The van der Waals surface area contributed by atoms with Gasteiger partial charge in [-0.3, -0.25) is 30.6 Å². The normalized spacial score (nSPS) is 11.4. The molecule has 1 aromatic carbocycles. The van der Waals surface area contributed by atoms with Crippen molar-refractivity contribution in [1.82, 2.24) is 25.9 Å². The number of nitrogens with two attached hydrogens (primary N) is 2. The van der Waals surface area contributed by atoms with Gasteiger partial charge in [-0.1, -0.05) is 0 Å². The number of carbonyl (C=O) groups is 5. The van der Waals surface area contributed by atoms with E-state index in [1.54, 1.807) is 12.1 Å². The molecule has 1 aromatic heterocycles. The lowest BCUT2D eigenvalue weighted by Crippen LogP contribution is -2.41. The second kappa shape index (κ2) is 23.6. The van der Waals surface area contributed by atoms with E-state index in [-0.39, 0.29) is 42.4 Å². The number of hydrogen-bond donors (Lipinski definition) is 8. The van der Waals surface area contributed by atoms with Crippen LogP contribution in [0, 0.1) is 0 Å². The van der Waals surface area contributed by atoms with Crippen molar-refractivity contribution >= 4 is 42.0 Å². The minimum Gasteiger partial charge on any atom is -0.480 e. The molecule has 1 heterocycles. The lowest BCUT2D eigenvalue weighted by Gasteiger charge is -2.15. The molecule has 0 spiro atoms. The number of carboxylic acids is 1. The third-order valence-corrected chi connectivity index (χ3v) is 6.37. The minimum absolute atomic E-state index is 0.0491. The van der Waals surface area contributed by atoms with Crippen molar-refractivity contribution < 1.29 is 43.3 Å². The maximum Gasteiger partial charge on any atom is 0.326 e. The zero-order valence-corrected chi connectivity index (χ0v) is 26.7. The fourth-order valence-electron chi connectivity index (χ4n) is 3.95. The van der Waals surface area contributed by atoms with Gasteiger partial charge in [-0.05, 0) is 43.5 Å². The number of ether oxygens (including phenoxy) is 3. The molecule has 0 radical (unpaired) electrons. The summed E-state index contributed by atoms with van der Waals surface area (Å²) in [5.41, 5.74) is 12.3. The summed E-state index contributed by atoms with van der Waals surface area (Å²) in [4.78, 5) is 66.4. The Hall–Kier alpha value is -4.75. The molecule has 2 aromatic rings. The third kappa shape index (κ3) is 16.7. The molecule has 10 N–H and O–H groups in total. The smallest absolute Gasteiger partial charge is 0.326 e. The molecule has 0 aliphatic rings. The van der Waals surface area contributed by atoms with Crippen LogP contribution in [0.2, 0.25) is 0 Å². The largest absolute Gasteiger partial charge is 0.480 e. The Labute approximate surface area is 278 Å². The molecule has 18 heteroatoms. The van der Waals surface area contributed by atoms with Gasteiger partial charge in [0.25, 0.3) is 5.91 Å². The number of nitrogens with zero attached hydrogens (tertiary/aromatic N) is 2. The van der Waals surface area contributed by atoms with Gasteiger partial charge >= 0.3 is 5.97 Å². The summed E-state index contributed by atoms with van der Waals surface area (Å²) >= 11 is 0. The van der Waals surface area contributed by atoms with Crippen molar-refractivity contribution in [3.63, 3.8) is 0 Å². The molecule has 3 amide bonds. The number of aliphatic carboxylic acids is 1. The lowest BCUT2D eigenvalue weighted by molar-refractivity contribution is -0.139. The Balaban J connectivity index is 1.62. The number of hydrogen-bond acceptors (Lipinski definition) is 14. The van der Waals surface area contributed by atoms with Crippen LogP contribution < -0.4 is 38.1 Å². The molecule has 2 rings (SSSR count). The van der Waals surface area contributed by atoms with E-state index in [1.165, 1.54) is 18.3 Å². The van der Waals surface area contributed by atoms with E-state index < -0.39 is 24.2 Å². The van der Waals surface area contributed by atoms with Crippen molar-refractivity contribution in [2.24, 2.45) is 11.5 Å². The minimum atomic E-state index is -1.26. The van der Waals surface area contributed by atoms with E-state index in [4.69, 9.17) is 25.7 Å². The molecule has 48 heavy (non-hydrogen) atoms. The standard InChI is InChI=1S/C30H45N9O9/c31-30(32)39-27-25(19-40)37-23(18-36-27)17-35-22-5-3-21(4-6-22)28(43)38-24(29(44)45)7-8-26(42)34-10-2-12-47-14-16-48-15-13-46-11-1-9-33-20-41/h3-6,18-20,24,30,35H,1-2,7-17,31-32H2,(H,33,41)(H,34,42)(H,36,39)(H,38,43)(H,44,45)/t24-/m1/s1. The van der Waals surface area contributed by atoms with E-state index >= 15 is 0 Å². The van der Waals surface area contributed by atoms with E-state index in [0.717, 1.165) is 6.42 Å². The summed E-state index contributed by atoms with van der Waals surface area (Å²) in [7, 11) is 0. The number of carboxylic acid groups (broad SMARTS) is 1. The summed E-state index contributed by atoms with van der Waals surface area (Å²) in [6.07, 6.45) is 2.85. The molecule has 0 unspecified atom stereocenters. The quantitative estimate of drug-likeness (QED) is 0.0326. The Bertz CT molecular complexity index is 1280. The Kier molecular flexibility index (Phi) is 19.3. The molecule has 0 aliphatic carbocycles. The number of benzene rings is 1. The van der Waals surface area contributed by atoms with Crippen molar-refractivity contribution in [1.29, 1.82) is 0 Å². The van der Waals surface area contributed by atoms with Crippen molar-refractivity contribution in [2.45, 2.75) is 44.6 Å². The Morgan fingerprint density at radius 3 is 2.17 bits per heavy atom. The fraction of sp³-hybridized carbons (Fsp3) is 0.500. The third-order valence-electron chi connectivity index (χ3n) is 6.37. The highest BCUT2D eigenvalue weighted by Gasteiger charge is 2.21. The molecule has 0 saturated carbocycles. The monoisotopic (exact) mass is 675 g/mol. The van der Waals surface area contributed by atoms with Crippen LogP contribution in [0.15, 0.2) is 30.5 Å². The van der Waals surface area contributed by atoms with Gasteiger partial charge in [-0.25, -0.2) is 14.8 Å². The molecule has 0 fully saturated rings. The molecule has 0 saturated heterocycles. The van der Waals surface area contributed by atoms with Crippen LogP contribution in [0.4, 0.5) is 11.5 Å². The summed E-state index contributed by atoms with van der Waals surface area (Å²) in [6.45, 7) is 3.80.